The number of halogens is 1. The van der Waals surface area contributed by atoms with Gasteiger partial charge in [0.2, 0.25) is 0 Å². The maximum Gasteiger partial charge on any atom is 0.275 e. The zero-order valence-electron chi connectivity index (χ0n) is 15.9. The molecule has 2 N–H and O–H groups in total. The van der Waals surface area contributed by atoms with E-state index < -0.39 is 5.91 Å². The van der Waals surface area contributed by atoms with Crippen LogP contribution in [-0.4, -0.2) is 30.3 Å². The van der Waals surface area contributed by atoms with Crippen LogP contribution in [0.5, 0.6) is 5.75 Å². The maximum atomic E-state index is 12.1. The molecule has 0 aliphatic carbocycles. The van der Waals surface area contributed by atoms with E-state index in [0.717, 1.165) is 16.8 Å². The van der Waals surface area contributed by atoms with Gasteiger partial charge in [-0.05, 0) is 48.4 Å². The van der Waals surface area contributed by atoms with Crippen LogP contribution < -0.4 is 10.3 Å². The largest absolute Gasteiger partial charge is 0.507 e. The van der Waals surface area contributed by atoms with Crippen LogP contribution in [0, 0.1) is 29.6 Å². The number of amides is 1. The number of hydrogen-bond acceptors (Lipinski definition) is 6. The Labute approximate surface area is 174 Å². The van der Waals surface area contributed by atoms with E-state index in [2.05, 4.69) is 22.7 Å². The molecule has 2 rings (SSSR count). The Balaban J connectivity index is 2.09. The summed E-state index contributed by atoms with van der Waals surface area (Å²) in [6, 6.07) is 14.1. The SMILES string of the molecule is Cc1cc(N(CCC#N)CCC#N)ccc1/C=N/NC(=O)c1cc(Cl)ccc1O. The molecule has 8 heteroatoms. The summed E-state index contributed by atoms with van der Waals surface area (Å²) in [6.45, 7) is 3.00. The van der Waals surface area contributed by atoms with Crippen LogP contribution >= 0.6 is 11.6 Å². The topological polar surface area (TPSA) is 113 Å². The summed E-state index contributed by atoms with van der Waals surface area (Å²) in [6.07, 6.45) is 2.25. The number of hydrogen-bond donors (Lipinski definition) is 2. The number of nitrogens with zero attached hydrogens (tertiary/aromatic N) is 4. The van der Waals surface area contributed by atoms with Crippen molar-refractivity contribution in [2.24, 2.45) is 5.10 Å². The van der Waals surface area contributed by atoms with Crippen LogP contribution in [0.2, 0.25) is 5.02 Å². The molecule has 1 amide bonds. The zero-order chi connectivity index (χ0) is 21.2. The van der Waals surface area contributed by atoms with E-state index in [1.807, 2.05) is 30.0 Å². The molecule has 0 spiro atoms. The van der Waals surface area contributed by atoms with Crippen molar-refractivity contribution in [1.82, 2.24) is 5.43 Å². The highest BCUT2D eigenvalue weighted by molar-refractivity contribution is 6.31. The summed E-state index contributed by atoms with van der Waals surface area (Å²) in [7, 11) is 0. The summed E-state index contributed by atoms with van der Waals surface area (Å²) in [4.78, 5) is 14.1. The lowest BCUT2D eigenvalue weighted by Gasteiger charge is -2.23. The molecule has 29 heavy (non-hydrogen) atoms. The van der Waals surface area contributed by atoms with Crippen LogP contribution in [0.15, 0.2) is 41.5 Å². The number of carbonyl (C=O) groups is 1. The fourth-order valence-corrected chi connectivity index (χ4v) is 2.82. The molecule has 0 fully saturated rings. The minimum absolute atomic E-state index is 0.0346. The molecule has 0 bridgehead atoms. The van der Waals surface area contributed by atoms with Gasteiger partial charge in [0.1, 0.15) is 5.75 Å². The molecular weight excluding hydrogens is 390 g/mol. The van der Waals surface area contributed by atoms with Crippen molar-refractivity contribution in [3.8, 4) is 17.9 Å². The number of nitriles is 2. The normalized spacial score (nSPS) is 10.3. The number of hydrazone groups is 1. The molecule has 0 saturated carbocycles. The third-order valence-corrected chi connectivity index (χ3v) is 4.41. The van der Waals surface area contributed by atoms with E-state index in [-0.39, 0.29) is 11.3 Å². The van der Waals surface area contributed by atoms with E-state index in [1.54, 1.807) is 0 Å². The van der Waals surface area contributed by atoms with Crippen LogP contribution in [-0.2, 0) is 0 Å². The van der Waals surface area contributed by atoms with Gasteiger partial charge in [0.05, 0.1) is 36.8 Å². The molecule has 0 saturated heterocycles. The fraction of sp³-hybridized carbons (Fsp3) is 0.238. The monoisotopic (exact) mass is 409 g/mol. The molecule has 2 aromatic rings. The fourth-order valence-electron chi connectivity index (χ4n) is 2.65. The van der Waals surface area contributed by atoms with Crippen molar-refractivity contribution in [2.45, 2.75) is 19.8 Å². The first-order chi connectivity index (χ1) is 14.0. The Bertz CT molecular complexity index is 974. The molecule has 0 aliphatic heterocycles. The number of anilines is 1. The summed E-state index contributed by atoms with van der Waals surface area (Å²) < 4.78 is 0. The van der Waals surface area contributed by atoms with Crippen LogP contribution in [0.1, 0.15) is 34.3 Å². The van der Waals surface area contributed by atoms with Gasteiger partial charge in [0.25, 0.3) is 5.91 Å². The minimum Gasteiger partial charge on any atom is -0.507 e. The highest BCUT2D eigenvalue weighted by atomic mass is 35.5. The van der Waals surface area contributed by atoms with Gasteiger partial charge >= 0.3 is 0 Å². The summed E-state index contributed by atoms with van der Waals surface area (Å²) in [5.41, 5.74) is 5.03. The number of phenolic OH excluding ortho intramolecular Hbond substituents is 1. The van der Waals surface area contributed by atoms with Crippen molar-refractivity contribution in [1.29, 1.82) is 10.5 Å². The van der Waals surface area contributed by atoms with Gasteiger partial charge in [0, 0.05) is 23.8 Å². The number of phenols is 1. The van der Waals surface area contributed by atoms with Gasteiger partial charge < -0.3 is 10.0 Å². The average Bonchev–Trinajstić information content (AvgIpc) is 2.71. The minimum atomic E-state index is -0.574. The van der Waals surface area contributed by atoms with Gasteiger partial charge in [0.15, 0.2) is 0 Å². The second kappa shape index (κ2) is 10.7. The molecule has 0 aromatic heterocycles. The van der Waals surface area contributed by atoms with Crippen LogP contribution in [0.4, 0.5) is 5.69 Å². The highest BCUT2D eigenvalue weighted by Crippen LogP contribution is 2.21. The van der Waals surface area contributed by atoms with E-state index in [4.69, 9.17) is 22.1 Å². The molecule has 148 valence electrons. The number of nitrogens with one attached hydrogen (secondary N) is 1. The molecular formula is C21H20ClN5O2. The van der Waals surface area contributed by atoms with Crippen LogP contribution in [0.25, 0.3) is 0 Å². The van der Waals surface area contributed by atoms with Crippen molar-refractivity contribution in [3.05, 3.63) is 58.1 Å². The zero-order valence-corrected chi connectivity index (χ0v) is 16.6. The Morgan fingerprint density at radius 2 is 1.90 bits per heavy atom. The third-order valence-electron chi connectivity index (χ3n) is 4.18. The van der Waals surface area contributed by atoms with Crippen molar-refractivity contribution >= 4 is 29.4 Å². The third kappa shape index (κ3) is 6.24. The van der Waals surface area contributed by atoms with Gasteiger partial charge in [-0.2, -0.15) is 15.6 Å². The standard InChI is InChI=1S/C21H20ClN5O2/c1-15-12-18(27(10-2-8-23)11-3-9-24)6-4-16(15)14-25-26-21(29)19-13-17(22)5-7-20(19)28/h4-7,12-14,28H,2-3,10-11H2,1H3,(H,26,29)/b25-14+. The van der Waals surface area contributed by atoms with Gasteiger partial charge in [-0.25, -0.2) is 5.43 Å². The quantitative estimate of drug-likeness (QED) is 0.509. The maximum absolute atomic E-state index is 12.1. The highest BCUT2D eigenvalue weighted by Gasteiger charge is 2.11. The van der Waals surface area contributed by atoms with E-state index in [1.165, 1.54) is 24.4 Å². The summed E-state index contributed by atoms with van der Waals surface area (Å²) >= 11 is 5.85. The predicted molar refractivity (Wildman–Crippen MR) is 112 cm³/mol. The molecule has 0 aliphatic rings. The van der Waals surface area contributed by atoms with Gasteiger partial charge in [-0.3, -0.25) is 4.79 Å². The Morgan fingerprint density at radius 3 is 2.52 bits per heavy atom. The van der Waals surface area contributed by atoms with Gasteiger partial charge in [-0.1, -0.05) is 17.7 Å². The second-order valence-electron chi connectivity index (χ2n) is 6.20. The first-order valence-electron chi connectivity index (χ1n) is 8.87. The Hall–Kier alpha value is -3.55. The first-order valence-corrected chi connectivity index (χ1v) is 9.25. The van der Waals surface area contributed by atoms with Gasteiger partial charge in [-0.15, -0.1) is 0 Å². The van der Waals surface area contributed by atoms with E-state index >= 15 is 0 Å². The lowest BCUT2D eigenvalue weighted by molar-refractivity contribution is 0.0952. The van der Waals surface area contributed by atoms with Crippen molar-refractivity contribution in [3.63, 3.8) is 0 Å². The Morgan fingerprint density at radius 1 is 1.21 bits per heavy atom. The number of aryl methyl sites for hydroxylation is 1. The predicted octanol–water partition coefficient (Wildman–Crippen LogP) is 3.75. The van der Waals surface area contributed by atoms with E-state index in [0.29, 0.717) is 31.0 Å². The molecule has 7 nitrogen and oxygen atoms in total. The molecule has 0 radical (unpaired) electrons. The molecule has 0 unspecified atom stereocenters. The smallest absolute Gasteiger partial charge is 0.275 e. The molecule has 0 heterocycles. The van der Waals surface area contributed by atoms with Crippen molar-refractivity contribution < 1.29 is 9.90 Å². The first kappa shape index (κ1) is 21.7. The number of carbonyl (C=O) groups excluding carboxylic acids is 1. The molecule has 0 atom stereocenters. The lowest BCUT2D eigenvalue weighted by Crippen LogP contribution is -2.25. The van der Waals surface area contributed by atoms with E-state index in [9.17, 15) is 9.90 Å². The van der Waals surface area contributed by atoms with Crippen LogP contribution in [0.3, 0.4) is 0 Å². The lowest BCUT2D eigenvalue weighted by atomic mass is 10.1. The molecule has 2 aromatic carbocycles. The average molecular weight is 410 g/mol. The second-order valence-corrected chi connectivity index (χ2v) is 6.64. The number of aromatic hydroxyl groups is 1. The number of benzene rings is 2. The van der Waals surface area contributed by atoms with Crippen molar-refractivity contribution in [2.75, 3.05) is 18.0 Å². The number of rotatable bonds is 8. The Kier molecular flexibility index (Phi) is 8.02. The summed E-state index contributed by atoms with van der Waals surface area (Å²) in [5.74, 6) is -0.757. The summed E-state index contributed by atoms with van der Waals surface area (Å²) in [5, 5.41) is 31.7.